The number of aliphatic hydroxyl groups excluding tert-OH is 1. The van der Waals surface area contributed by atoms with Crippen molar-refractivity contribution in [3.05, 3.63) is 29.8 Å². The SMILES string of the molecule is CC(C)C(c1ccc(S(=O)(=O)NC2CC2)cc1)C(C)O. The van der Waals surface area contributed by atoms with Gasteiger partial charge in [0.25, 0.3) is 0 Å². The number of nitrogens with one attached hydrogen (secondary N) is 1. The molecule has 2 unspecified atom stereocenters. The molecule has 0 aliphatic heterocycles. The molecule has 1 aliphatic carbocycles. The van der Waals surface area contributed by atoms with Crippen molar-refractivity contribution in [2.75, 3.05) is 0 Å². The lowest BCUT2D eigenvalue weighted by atomic mass is 9.85. The standard InChI is InChI=1S/C15H23NO3S/c1-10(2)15(11(3)17)12-4-8-14(9-5-12)20(18,19)16-13-6-7-13/h4-5,8-11,13,15-17H,6-7H2,1-3H3. The molecule has 1 aliphatic rings. The quantitative estimate of drug-likeness (QED) is 0.846. The number of hydrogen-bond acceptors (Lipinski definition) is 3. The lowest BCUT2D eigenvalue weighted by Crippen LogP contribution is -2.26. The van der Waals surface area contributed by atoms with E-state index in [0.29, 0.717) is 10.8 Å². The van der Waals surface area contributed by atoms with E-state index in [-0.39, 0.29) is 12.0 Å². The van der Waals surface area contributed by atoms with Crippen LogP contribution in [-0.2, 0) is 10.0 Å². The third kappa shape index (κ3) is 3.59. The average molecular weight is 297 g/mol. The summed E-state index contributed by atoms with van der Waals surface area (Å²) < 4.78 is 26.8. The highest BCUT2D eigenvalue weighted by Gasteiger charge is 2.28. The second-order valence-corrected chi connectivity index (χ2v) is 7.69. The maximum atomic E-state index is 12.1. The smallest absolute Gasteiger partial charge is 0.240 e. The van der Waals surface area contributed by atoms with Gasteiger partial charge in [0, 0.05) is 12.0 Å². The van der Waals surface area contributed by atoms with E-state index in [1.807, 2.05) is 0 Å². The summed E-state index contributed by atoms with van der Waals surface area (Å²) in [6.45, 7) is 5.87. The fourth-order valence-electron chi connectivity index (χ4n) is 2.58. The zero-order valence-corrected chi connectivity index (χ0v) is 13.0. The topological polar surface area (TPSA) is 66.4 Å². The zero-order chi connectivity index (χ0) is 14.9. The highest BCUT2D eigenvalue weighted by molar-refractivity contribution is 7.89. The Bertz CT molecular complexity index is 537. The summed E-state index contributed by atoms with van der Waals surface area (Å²) in [5.41, 5.74) is 0.973. The minimum atomic E-state index is -3.39. The van der Waals surface area contributed by atoms with Gasteiger partial charge in [0.05, 0.1) is 11.0 Å². The van der Waals surface area contributed by atoms with Crippen molar-refractivity contribution in [3.8, 4) is 0 Å². The van der Waals surface area contributed by atoms with E-state index in [1.54, 1.807) is 31.2 Å². The molecule has 0 bridgehead atoms. The van der Waals surface area contributed by atoms with Crippen LogP contribution in [0.3, 0.4) is 0 Å². The highest BCUT2D eigenvalue weighted by atomic mass is 32.2. The molecule has 2 N–H and O–H groups in total. The molecule has 20 heavy (non-hydrogen) atoms. The van der Waals surface area contributed by atoms with Gasteiger partial charge in [0.15, 0.2) is 0 Å². The Balaban J connectivity index is 2.20. The molecule has 2 atom stereocenters. The second-order valence-electron chi connectivity index (χ2n) is 5.98. The number of benzene rings is 1. The molecule has 2 rings (SSSR count). The lowest BCUT2D eigenvalue weighted by molar-refractivity contribution is 0.140. The average Bonchev–Trinajstić information content (AvgIpc) is 3.12. The minimum Gasteiger partial charge on any atom is -0.393 e. The largest absolute Gasteiger partial charge is 0.393 e. The van der Waals surface area contributed by atoms with Gasteiger partial charge in [-0.1, -0.05) is 26.0 Å². The van der Waals surface area contributed by atoms with Crippen molar-refractivity contribution in [3.63, 3.8) is 0 Å². The summed E-state index contributed by atoms with van der Waals surface area (Å²) >= 11 is 0. The third-order valence-corrected chi connectivity index (χ3v) is 5.25. The van der Waals surface area contributed by atoms with E-state index in [9.17, 15) is 13.5 Å². The first-order chi connectivity index (χ1) is 9.31. The molecule has 1 saturated carbocycles. The van der Waals surface area contributed by atoms with Crippen LogP contribution in [0, 0.1) is 5.92 Å². The fraction of sp³-hybridized carbons (Fsp3) is 0.600. The van der Waals surface area contributed by atoms with Crippen molar-refractivity contribution in [1.82, 2.24) is 4.72 Å². The summed E-state index contributed by atoms with van der Waals surface area (Å²) in [6.07, 6.45) is 1.39. The maximum Gasteiger partial charge on any atom is 0.240 e. The van der Waals surface area contributed by atoms with E-state index in [4.69, 9.17) is 0 Å². The summed E-state index contributed by atoms with van der Waals surface area (Å²) in [5.74, 6) is 0.310. The third-order valence-electron chi connectivity index (χ3n) is 3.71. The molecule has 4 nitrogen and oxygen atoms in total. The molecule has 0 heterocycles. The van der Waals surface area contributed by atoms with Crippen LogP contribution in [0.15, 0.2) is 29.2 Å². The van der Waals surface area contributed by atoms with E-state index < -0.39 is 16.1 Å². The Kier molecular flexibility index (Phi) is 4.52. The fourth-order valence-corrected chi connectivity index (χ4v) is 3.88. The second kappa shape index (κ2) is 5.84. The molecule has 0 amide bonds. The van der Waals surface area contributed by atoms with Gasteiger partial charge in [0.2, 0.25) is 10.0 Å². The van der Waals surface area contributed by atoms with Crippen LogP contribution in [0.5, 0.6) is 0 Å². The summed E-state index contributed by atoms with van der Waals surface area (Å²) in [6, 6.07) is 6.97. The van der Waals surface area contributed by atoms with E-state index in [0.717, 1.165) is 18.4 Å². The van der Waals surface area contributed by atoms with Crippen LogP contribution in [0.25, 0.3) is 0 Å². The molecule has 1 fully saturated rings. The Morgan fingerprint density at radius 2 is 1.70 bits per heavy atom. The number of rotatable bonds is 6. The molecule has 0 saturated heterocycles. The molecule has 0 spiro atoms. The molecular formula is C15H23NO3S. The number of hydrogen-bond donors (Lipinski definition) is 2. The first kappa shape index (κ1) is 15.5. The molecule has 112 valence electrons. The van der Waals surface area contributed by atoms with Gasteiger partial charge >= 0.3 is 0 Å². The Morgan fingerprint density at radius 1 is 1.15 bits per heavy atom. The van der Waals surface area contributed by atoms with Crippen molar-refractivity contribution in [2.24, 2.45) is 5.92 Å². The van der Waals surface area contributed by atoms with Crippen LogP contribution >= 0.6 is 0 Å². The van der Waals surface area contributed by atoms with Gasteiger partial charge in [-0.05, 0) is 43.4 Å². The monoisotopic (exact) mass is 297 g/mol. The zero-order valence-electron chi connectivity index (χ0n) is 12.2. The first-order valence-corrected chi connectivity index (χ1v) is 8.60. The number of aliphatic hydroxyl groups is 1. The van der Waals surface area contributed by atoms with E-state index in [1.165, 1.54) is 0 Å². The summed E-state index contributed by atoms with van der Waals surface area (Å²) in [7, 11) is -3.39. The summed E-state index contributed by atoms with van der Waals surface area (Å²) in [5, 5.41) is 9.86. The molecule has 0 radical (unpaired) electrons. The Labute approximate surface area is 121 Å². The van der Waals surface area contributed by atoms with Gasteiger partial charge in [-0.25, -0.2) is 13.1 Å². The summed E-state index contributed by atoms with van der Waals surface area (Å²) in [4.78, 5) is 0.293. The van der Waals surface area contributed by atoms with Gasteiger partial charge < -0.3 is 5.11 Å². The van der Waals surface area contributed by atoms with Gasteiger partial charge in [-0.15, -0.1) is 0 Å². The lowest BCUT2D eigenvalue weighted by Gasteiger charge is -2.24. The Hall–Kier alpha value is -0.910. The van der Waals surface area contributed by atoms with Crippen LogP contribution in [-0.4, -0.2) is 25.7 Å². The molecule has 5 heteroatoms. The van der Waals surface area contributed by atoms with Crippen LogP contribution in [0.2, 0.25) is 0 Å². The van der Waals surface area contributed by atoms with Crippen LogP contribution < -0.4 is 4.72 Å². The first-order valence-electron chi connectivity index (χ1n) is 7.11. The molecular weight excluding hydrogens is 274 g/mol. The van der Waals surface area contributed by atoms with Crippen molar-refractivity contribution >= 4 is 10.0 Å². The highest BCUT2D eigenvalue weighted by Crippen LogP contribution is 2.29. The molecule has 1 aromatic rings. The van der Waals surface area contributed by atoms with Crippen molar-refractivity contribution in [2.45, 2.75) is 56.6 Å². The molecule has 0 aromatic heterocycles. The van der Waals surface area contributed by atoms with Gasteiger partial charge in [-0.2, -0.15) is 0 Å². The van der Waals surface area contributed by atoms with Gasteiger partial charge in [0.1, 0.15) is 0 Å². The predicted octanol–water partition coefficient (Wildman–Crippen LogP) is 2.25. The molecule has 1 aromatic carbocycles. The number of sulfonamides is 1. The van der Waals surface area contributed by atoms with Crippen LogP contribution in [0.1, 0.15) is 45.1 Å². The van der Waals surface area contributed by atoms with Crippen LogP contribution in [0.4, 0.5) is 0 Å². The predicted molar refractivity (Wildman–Crippen MR) is 79.0 cm³/mol. The minimum absolute atomic E-state index is 0.0168. The van der Waals surface area contributed by atoms with Crippen molar-refractivity contribution in [1.29, 1.82) is 0 Å². The van der Waals surface area contributed by atoms with E-state index >= 15 is 0 Å². The Morgan fingerprint density at radius 3 is 2.10 bits per heavy atom. The van der Waals surface area contributed by atoms with Gasteiger partial charge in [-0.3, -0.25) is 0 Å². The maximum absolute atomic E-state index is 12.1. The van der Waals surface area contributed by atoms with E-state index in [2.05, 4.69) is 18.6 Å². The normalized spacial score (nSPS) is 19.1. The van der Waals surface area contributed by atoms with Crippen molar-refractivity contribution < 1.29 is 13.5 Å².